The Morgan fingerprint density at radius 1 is 1.11 bits per heavy atom. The summed E-state index contributed by atoms with van der Waals surface area (Å²) in [6.07, 6.45) is 2.23. The van der Waals surface area contributed by atoms with E-state index in [2.05, 4.69) is 10.6 Å². The first kappa shape index (κ1) is 21.0. The van der Waals surface area contributed by atoms with Crippen molar-refractivity contribution in [3.8, 4) is 11.5 Å². The van der Waals surface area contributed by atoms with Crippen LogP contribution in [0.5, 0.6) is 11.5 Å². The maximum Gasteiger partial charge on any atom is 0.263 e. The average molecular weight is 387 g/mol. The molecule has 0 bridgehead atoms. The summed E-state index contributed by atoms with van der Waals surface area (Å²) in [4.78, 5) is 36.4. The van der Waals surface area contributed by atoms with Gasteiger partial charge in [0.2, 0.25) is 5.91 Å². The number of likely N-dealkylation sites (N-methyl/N-ethyl adjacent to an activating group) is 1. The molecule has 0 aliphatic heterocycles. The first-order valence-corrected chi connectivity index (χ1v) is 8.81. The lowest BCUT2D eigenvalue weighted by Crippen LogP contribution is -2.39. The highest BCUT2D eigenvalue weighted by atomic mass is 16.5. The van der Waals surface area contributed by atoms with Gasteiger partial charge < -0.3 is 24.7 Å². The zero-order chi connectivity index (χ0) is 20.7. The van der Waals surface area contributed by atoms with Gasteiger partial charge in [0.1, 0.15) is 5.56 Å². The number of amides is 2. The van der Waals surface area contributed by atoms with Crippen LogP contribution < -0.4 is 25.7 Å². The van der Waals surface area contributed by atoms with E-state index in [1.165, 1.54) is 11.6 Å². The molecule has 0 fully saturated rings. The van der Waals surface area contributed by atoms with Crippen molar-refractivity contribution >= 4 is 11.8 Å². The zero-order valence-electron chi connectivity index (χ0n) is 16.5. The van der Waals surface area contributed by atoms with Gasteiger partial charge in [-0.15, -0.1) is 0 Å². The Balaban J connectivity index is 2.18. The minimum absolute atomic E-state index is 0.0405. The van der Waals surface area contributed by atoms with Gasteiger partial charge in [-0.25, -0.2) is 0 Å². The fourth-order valence-corrected chi connectivity index (χ4v) is 2.74. The number of ether oxygens (including phenoxy) is 2. The molecule has 0 saturated carbocycles. The third-order valence-corrected chi connectivity index (χ3v) is 4.38. The van der Waals surface area contributed by atoms with E-state index in [4.69, 9.17) is 9.47 Å². The molecule has 2 rings (SSSR count). The van der Waals surface area contributed by atoms with Crippen LogP contribution in [0.15, 0.2) is 35.3 Å². The molecule has 2 amide bonds. The van der Waals surface area contributed by atoms with E-state index in [-0.39, 0.29) is 18.0 Å². The maximum absolute atomic E-state index is 12.7. The van der Waals surface area contributed by atoms with Crippen molar-refractivity contribution in [2.45, 2.75) is 19.9 Å². The second-order valence-electron chi connectivity index (χ2n) is 6.17. The number of rotatable bonds is 8. The predicted molar refractivity (Wildman–Crippen MR) is 105 cm³/mol. The first-order chi connectivity index (χ1) is 13.4. The molecule has 0 spiro atoms. The van der Waals surface area contributed by atoms with Crippen LogP contribution in [-0.4, -0.2) is 44.2 Å². The van der Waals surface area contributed by atoms with E-state index in [0.717, 1.165) is 5.56 Å². The lowest BCUT2D eigenvalue weighted by atomic mass is 10.1. The second kappa shape index (κ2) is 9.59. The van der Waals surface area contributed by atoms with Crippen LogP contribution in [0.1, 0.15) is 21.5 Å². The highest BCUT2D eigenvalue weighted by molar-refractivity contribution is 5.97. The average Bonchev–Trinajstić information content (AvgIpc) is 2.71. The Bertz CT molecular complexity index is 921. The van der Waals surface area contributed by atoms with Crippen molar-refractivity contribution in [1.82, 2.24) is 15.2 Å². The van der Waals surface area contributed by atoms with Gasteiger partial charge in [0.25, 0.3) is 11.5 Å². The first-order valence-electron chi connectivity index (χ1n) is 8.81. The second-order valence-corrected chi connectivity index (χ2v) is 6.17. The summed E-state index contributed by atoms with van der Waals surface area (Å²) in [5.74, 6) is 0.349. The van der Waals surface area contributed by atoms with Crippen molar-refractivity contribution < 1.29 is 19.1 Å². The Kier molecular flexibility index (Phi) is 7.20. The van der Waals surface area contributed by atoms with Gasteiger partial charge in [-0.3, -0.25) is 14.4 Å². The Hall–Kier alpha value is -3.29. The SMILES string of the molecule is CNC(=O)CNC(=O)c1c(C)ccn(CCc2ccc(OC)c(OC)c2)c1=O. The molecule has 1 aromatic heterocycles. The molecule has 0 aliphatic rings. The van der Waals surface area contributed by atoms with E-state index in [0.29, 0.717) is 30.0 Å². The standard InChI is InChI=1S/C20H25N3O5/c1-13-7-9-23(20(26)18(13)19(25)22-12-17(24)21-2)10-8-14-5-6-15(27-3)16(11-14)28-4/h5-7,9,11H,8,10,12H2,1-4H3,(H,21,24)(H,22,25). The lowest BCUT2D eigenvalue weighted by molar-refractivity contribution is -0.119. The van der Waals surface area contributed by atoms with Gasteiger partial charge in [0.15, 0.2) is 11.5 Å². The highest BCUT2D eigenvalue weighted by Crippen LogP contribution is 2.27. The fraction of sp³-hybridized carbons (Fsp3) is 0.350. The Morgan fingerprint density at radius 2 is 1.82 bits per heavy atom. The smallest absolute Gasteiger partial charge is 0.263 e. The quantitative estimate of drug-likeness (QED) is 0.701. The molecule has 8 heteroatoms. The number of carbonyl (C=O) groups excluding carboxylic acids is 2. The molecule has 28 heavy (non-hydrogen) atoms. The van der Waals surface area contributed by atoms with E-state index < -0.39 is 11.5 Å². The highest BCUT2D eigenvalue weighted by Gasteiger charge is 2.16. The Morgan fingerprint density at radius 3 is 2.46 bits per heavy atom. The number of hydrogen-bond donors (Lipinski definition) is 2. The van der Waals surface area contributed by atoms with Crippen LogP contribution >= 0.6 is 0 Å². The van der Waals surface area contributed by atoms with Crippen molar-refractivity contribution in [1.29, 1.82) is 0 Å². The Labute approximate surface area is 163 Å². The van der Waals surface area contributed by atoms with E-state index >= 15 is 0 Å². The lowest BCUT2D eigenvalue weighted by Gasteiger charge is -2.12. The van der Waals surface area contributed by atoms with Gasteiger partial charge in [-0.1, -0.05) is 6.07 Å². The van der Waals surface area contributed by atoms with Crippen LogP contribution in [0.25, 0.3) is 0 Å². The van der Waals surface area contributed by atoms with Gasteiger partial charge in [0.05, 0.1) is 20.8 Å². The molecule has 2 aromatic rings. The molecule has 0 aliphatic carbocycles. The van der Waals surface area contributed by atoms with Crippen molar-refractivity contribution in [3.05, 3.63) is 57.5 Å². The summed E-state index contributed by atoms with van der Waals surface area (Å²) in [7, 11) is 4.61. The molecule has 0 unspecified atom stereocenters. The van der Waals surface area contributed by atoms with Crippen LogP contribution in [0.4, 0.5) is 0 Å². The van der Waals surface area contributed by atoms with Gasteiger partial charge >= 0.3 is 0 Å². The van der Waals surface area contributed by atoms with Crippen molar-refractivity contribution in [3.63, 3.8) is 0 Å². The summed E-state index contributed by atoms with van der Waals surface area (Å²) in [6, 6.07) is 7.28. The molecule has 150 valence electrons. The number of pyridine rings is 1. The molecule has 1 heterocycles. The number of methoxy groups -OCH3 is 2. The molecule has 8 nitrogen and oxygen atoms in total. The molecular formula is C20H25N3O5. The minimum atomic E-state index is -0.563. The van der Waals surface area contributed by atoms with E-state index in [1.807, 2.05) is 18.2 Å². The van der Waals surface area contributed by atoms with E-state index in [1.54, 1.807) is 33.4 Å². The summed E-state index contributed by atoms with van der Waals surface area (Å²) < 4.78 is 12.0. The number of hydrogen-bond acceptors (Lipinski definition) is 5. The molecule has 0 saturated heterocycles. The third kappa shape index (κ3) is 4.91. The number of carbonyl (C=O) groups is 2. The topological polar surface area (TPSA) is 98.7 Å². The fourth-order valence-electron chi connectivity index (χ4n) is 2.74. The summed E-state index contributed by atoms with van der Waals surface area (Å²) in [5, 5.41) is 4.88. The van der Waals surface area contributed by atoms with Gasteiger partial charge in [-0.2, -0.15) is 0 Å². The normalized spacial score (nSPS) is 10.3. The van der Waals surface area contributed by atoms with E-state index in [9.17, 15) is 14.4 Å². The van der Waals surface area contributed by atoms with Crippen LogP contribution in [-0.2, 0) is 17.8 Å². The van der Waals surface area contributed by atoms with Crippen LogP contribution in [0, 0.1) is 6.92 Å². The summed E-state index contributed by atoms with van der Waals surface area (Å²) in [5.41, 5.74) is 1.17. The molecule has 1 aromatic carbocycles. The summed E-state index contributed by atoms with van der Waals surface area (Å²) in [6.45, 7) is 1.90. The van der Waals surface area contributed by atoms with Crippen molar-refractivity contribution in [2.24, 2.45) is 0 Å². The number of aromatic nitrogens is 1. The number of nitrogens with one attached hydrogen (secondary N) is 2. The number of benzene rings is 1. The molecular weight excluding hydrogens is 362 g/mol. The molecule has 0 radical (unpaired) electrons. The summed E-state index contributed by atoms with van der Waals surface area (Å²) >= 11 is 0. The molecule has 0 atom stereocenters. The van der Waals surface area contributed by atoms with Crippen LogP contribution in [0.3, 0.4) is 0 Å². The van der Waals surface area contributed by atoms with Crippen LogP contribution in [0.2, 0.25) is 0 Å². The number of aryl methyl sites for hydroxylation is 3. The van der Waals surface area contributed by atoms with Gasteiger partial charge in [0, 0.05) is 19.8 Å². The van der Waals surface area contributed by atoms with Gasteiger partial charge in [-0.05, 0) is 42.7 Å². The van der Waals surface area contributed by atoms with Crippen molar-refractivity contribution in [2.75, 3.05) is 27.8 Å². The monoisotopic (exact) mass is 387 g/mol. The largest absolute Gasteiger partial charge is 0.493 e. The third-order valence-electron chi connectivity index (χ3n) is 4.38. The maximum atomic E-state index is 12.7. The predicted octanol–water partition coefficient (Wildman–Crippen LogP) is 0.892. The minimum Gasteiger partial charge on any atom is -0.493 e. The zero-order valence-corrected chi connectivity index (χ0v) is 16.5. The molecule has 2 N–H and O–H groups in total. The number of nitrogens with zero attached hydrogens (tertiary/aromatic N) is 1.